The first-order valence-electron chi connectivity index (χ1n) is 11.1. The van der Waals surface area contributed by atoms with Gasteiger partial charge in [0, 0.05) is 56.6 Å². The molecule has 2 saturated heterocycles. The largest absolute Gasteiger partial charge is 0.343 e. The summed E-state index contributed by atoms with van der Waals surface area (Å²) in [6, 6.07) is 0.424. The van der Waals surface area contributed by atoms with E-state index in [2.05, 4.69) is 11.5 Å². The number of likely N-dealkylation sites (tertiary alicyclic amines) is 1. The minimum Gasteiger partial charge on any atom is -0.343 e. The Morgan fingerprint density at radius 1 is 1.07 bits per heavy atom. The SMILES string of the molecule is C=CCn1nc(C(=O)N2CCCCCC2)c2c1CCC(N1CCN(C=O)CC1)C2. The maximum absolute atomic E-state index is 13.4. The third kappa shape index (κ3) is 4.25. The normalized spacial score (nSPS) is 23.4. The predicted octanol–water partition coefficient (Wildman–Crippen LogP) is 1.72. The highest BCUT2D eigenvalue weighted by Gasteiger charge is 2.34. The zero-order chi connectivity index (χ0) is 20.2. The van der Waals surface area contributed by atoms with Crippen molar-refractivity contribution in [3.05, 3.63) is 29.6 Å². The molecular weight excluding hydrogens is 366 g/mol. The van der Waals surface area contributed by atoms with Crippen molar-refractivity contribution in [1.29, 1.82) is 0 Å². The number of hydrogen-bond acceptors (Lipinski definition) is 4. The molecule has 3 aliphatic rings. The summed E-state index contributed by atoms with van der Waals surface area (Å²) in [5, 5.41) is 4.77. The Balaban J connectivity index is 1.55. The van der Waals surface area contributed by atoms with E-state index in [-0.39, 0.29) is 5.91 Å². The molecule has 4 rings (SSSR count). The van der Waals surface area contributed by atoms with Gasteiger partial charge in [0.05, 0.1) is 6.54 Å². The van der Waals surface area contributed by atoms with Crippen LogP contribution in [0.3, 0.4) is 0 Å². The van der Waals surface area contributed by atoms with Crippen molar-refractivity contribution in [2.45, 2.75) is 57.5 Å². The smallest absolute Gasteiger partial charge is 0.274 e. The van der Waals surface area contributed by atoms with Crippen LogP contribution in [0.4, 0.5) is 0 Å². The molecule has 1 aliphatic carbocycles. The summed E-state index contributed by atoms with van der Waals surface area (Å²) < 4.78 is 1.99. The number of nitrogens with zero attached hydrogens (tertiary/aromatic N) is 5. The molecular formula is C22H33N5O2. The van der Waals surface area contributed by atoms with E-state index >= 15 is 0 Å². The summed E-state index contributed by atoms with van der Waals surface area (Å²) in [6.07, 6.45) is 10.3. The molecule has 7 heteroatoms. The quantitative estimate of drug-likeness (QED) is 0.559. The summed E-state index contributed by atoms with van der Waals surface area (Å²) in [4.78, 5) is 30.7. The van der Waals surface area contributed by atoms with Crippen LogP contribution in [0.15, 0.2) is 12.7 Å². The zero-order valence-corrected chi connectivity index (χ0v) is 17.4. The number of piperazine rings is 1. The number of aromatic nitrogens is 2. The first-order chi connectivity index (χ1) is 14.2. The van der Waals surface area contributed by atoms with Gasteiger partial charge in [-0.05, 0) is 32.1 Å². The van der Waals surface area contributed by atoms with E-state index in [4.69, 9.17) is 5.10 Å². The average molecular weight is 400 g/mol. The van der Waals surface area contributed by atoms with Gasteiger partial charge in [-0.1, -0.05) is 18.9 Å². The van der Waals surface area contributed by atoms with Gasteiger partial charge in [0.2, 0.25) is 6.41 Å². The van der Waals surface area contributed by atoms with Crippen molar-refractivity contribution >= 4 is 12.3 Å². The third-order valence-corrected chi connectivity index (χ3v) is 6.73. The highest BCUT2D eigenvalue weighted by atomic mass is 16.2. The van der Waals surface area contributed by atoms with E-state index in [1.54, 1.807) is 0 Å². The molecule has 1 unspecified atom stereocenters. The van der Waals surface area contributed by atoms with Gasteiger partial charge in [-0.2, -0.15) is 5.10 Å². The minimum atomic E-state index is 0.109. The molecule has 0 aromatic carbocycles. The first-order valence-corrected chi connectivity index (χ1v) is 11.1. The van der Waals surface area contributed by atoms with Crippen molar-refractivity contribution in [2.24, 2.45) is 0 Å². The highest BCUT2D eigenvalue weighted by molar-refractivity contribution is 5.94. The molecule has 158 valence electrons. The average Bonchev–Trinajstić information content (AvgIpc) is 2.93. The Labute approximate surface area is 173 Å². The van der Waals surface area contributed by atoms with Crippen molar-refractivity contribution in [1.82, 2.24) is 24.5 Å². The Morgan fingerprint density at radius 2 is 1.79 bits per heavy atom. The maximum Gasteiger partial charge on any atom is 0.274 e. The number of allylic oxidation sites excluding steroid dienone is 1. The van der Waals surface area contributed by atoms with E-state index < -0.39 is 0 Å². The summed E-state index contributed by atoms with van der Waals surface area (Å²) in [6.45, 7) is 9.62. The van der Waals surface area contributed by atoms with Crippen LogP contribution < -0.4 is 0 Å². The lowest BCUT2D eigenvalue weighted by Gasteiger charge is -2.39. The molecule has 2 aliphatic heterocycles. The molecule has 0 radical (unpaired) electrons. The Kier molecular flexibility index (Phi) is 6.33. The molecule has 1 aromatic rings. The van der Waals surface area contributed by atoms with E-state index in [0.717, 1.165) is 83.3 Å². The lowest BCUT2D eigenvalue weighted by atomic mass is 9.89. The fourth-order valence-corrected chi connectivity index (χ4v) is 5.06. The Hall–Kier alpha value is -2.15. The monoisotopic (exact) mass is 399 g/mol. The molecule has 1 atom stereocenters. The number of carbonyl (C=O) groups excluding carboxylic acids is 2. The highest BCUT2D eigenvalue weighted by Crippen LogP contribution is 2.29. The van der Waals surface area contributed by atoms with Crippen LogP contribution in [-0.2, 0) is 24.2 Å². The molecule has 0 spiro atoms. The summed E-state index contributed by atoms with van der Waals surface area (Å²) in [7, 11) is 0. The van der Waals surface area contributed by atoms with Crippen molar-refractivity contribution < 1.29 is 9.59 Å². The molecule has 1 aromatic heterocycles. The summed E-state index contributed by atoms with van der Waals surface area (Å²) in [5.74, 6) is 0.109. The second kappa shape index (κ2) is 9.11. The molecule has 0 N–H and O–H groups in total. The number of carbonyl (C=O) groups is 2. The third-order valence-electron chi connectivity index (χ3n) is 6.73. The van der Waals surface area contributed by atoms with Gasteiger partial charge >= 0.3 is 0 Å². The van der Waals surface area contributed by atoms with Gasteiger partial charge in [0.15, 0.2) is 5.69 Å². The zero-order valence-electron chi connectivity index (χ0n) is 17.4. The maximum atomic E-state index is 13.4. The van der Waals surface area contributed by atoms with E-state index in [1.165, 1.54) is 18.5 Å². The lowest BCUT2D eigenvalue weighted by Crippen LogP contribution is -2.51. The van der Waals surface area contributed by atoms with Gasteiger partial charge in [0.25, 0.3) is 5.91 Å². The van der Waals surface area contributed by atoms with Crippen LogP contribution in [-0.4, -0.2) is 82.1 Å². The second-order valence-corrected chi connectivity index (χ2v) is 8.53. The van der Waals surface area contributed by atoms with Crippen LogP contribution >= 0.6 is 0 Å². The second-order valence-electron chi connectivity index (χ2n) is 8.53. The topological polar surface area (TPSA) is 61.7 Å². The minimum absolute atomic E-state index is 0.109. The van der Waals surface area contributed by atoms with Crippen LogP contribution in [0.5, 0.6) is 0 Å². The van der Waals surface area contributed by atoms with Crippen molar-refractivity contribution in [3.8, 4) is 0 Å². The molecule has 29 heavy (non-hydrogen) atoms. The predicted molar refractivity (Wildman–Crippen MR) is 112 cm³/mol. The number of amides is 2. The molecule has 7 nitrogen and oxygen atoms in total. The van der Waals surface area contributed by atoms with Crippen molar-refractivity contribution in [2.75, 3.05) is 39.3 Å². The molecule has 3 heterocycles. The van der Waals surface area contributed by atoms with Gasteiger partial charge in [-0.15, -0.1) is 6.58 Å². The number of fused-ring (bicyclic) bond motifs is 1. The summed E-state index contributed by atoms with van der Waals surface area (Å²) in [5.41, 5.74) is 3.03. The van der Waals surface area contributed by atoms with E-state index in [0.29, 0.717) is 18.3 Å². The van der Waals surface area contributed by atoms with E-state index in [9.17, 15) is 9.59 Å². The van der Waals surface area contributed by atoms with Crippen LogP contribution in [0.25, 0.3) is 0 Å². The van der Waals surface area contributed by atoms with Crippen LogP contribution in [0.1, 0.15) is 53.8 Å². The Morgan fingerprint density at radius 3 is 2.45 bits per heavy atom. The lowest BCUT2D eigenvalue weighted by molar-refractivity contribution is -0.120. The molecule has 2 fully saturated rings. The number of hydrogen-bond donors (Lipinski definition) is 0. The van der Waals surface area contributed by atoms with E-state index in [1.807, 2.05) is 20.6 Å². The summed E-state index contributed by atoms with van der Waals surface area (Å²) >= 11 is 0. The molecule has 0 saturated carbocycles. The molecule has 0 bridgehead atoms. The van der Waals surface area contributed by atoms with Crippen LogP contribution in [0, 0.1) is 0 Å². The fraction of sp³-hybridized carbons (Fsp3) is 0.682. The first kappa shape index (κ1) is 20.1. The van der Waals surface area contributed by atoms with Crippen LogP contribution in [0.2, 0.25) is 0 Å². The van der Waals surface area contributed by atoms with Gasteiger partial charge in [0.1, 0.15) is 0 Å². The number of rotatable bonds is 5. The van der Waals surface area contributed by atoms with Gasteiger partial charge in [-0.25, -0.2) is 0 Å². The Bertz CT molecular complexity index is 743. The standard InChI is InChI=1S/C22H33N5O2/c1-2-9-27-20-8-7-18(25-14-12-24(17-28)13-15-25)16-19(20)21(23-27)22(29)26-10-5-3-4-6-11-26/h2,17-18H,1,3-16H2. The van der Waals surface area contributed by atoms with Gasteiger partial charge in [-0.3, -0.25) is 19.2 Å². The fourth-order valence-electron chi connectivity index (χ4n) is 5.06. The van der Waals surface area contributed by atoms with Gasteiger partial charge < -0.3 is 9.80 Å². The van der Waals surface area contributed by atoms with Crippen molar-refractivity contribution in [3.63, 3.8) is 0 Å². The molecule has 2 amide bonds.